The van der Waals surface area contributed by atoms with E-state index in [1.54, 1.807) is 12.1 Å². The van der Waals surface area contributed by atoms with E-state index < -0.39 is 4.92 Å². The van der Waals surface area contributed by atoms with Crippen molar-refractivity contribution >= 4 is 11.7 Å². The minimum Gasteiger partial charge on any atom is -0.461 e. The summed E-state index contributed by atoms with van der Waals surface area (Å²) < 4.78 is 5.27. The fourth-order valence-corrected chi connectivity index (χ4v) is 1.93. The highest BCUT2D eigenvalue weighted by atomic mass is 16.6. The van der Waals surface area contributed by atoms with Crippen molar-refractivity contribution in [1.29, 1.82) is 0 Å². The second kappa shape index (κ2) is 8.30. The number of nitro benzene ring substituents is 1. The Morgan fingerprint density at radius 3 is 2.45 bits per heavy atom. The summed E-state index contributed by atoms with van der Waals surface area (Å²) >= 11 is 0. The van der Waals surface area contributed by atoms with Gasteiger partial charge < -0.3 is 4.74 Å². The van der Waals surface area contributed by atoms with Crippen molar-refractivity contribution in [3.05, 3.63) is 39.9 Å². The van der Waals surface area contributed by atoms with E-state index in [0.717, 1.165) is 31.2 Å². The molecule has 0 saturated carbocycles. The van der Waals surface area contributed by atoms with Crippen LogP contribution in [0, 0.1) is 16.0 Å². The number of rotatable bonds is 8. The Balaban J connectivity index is 2.49. The maximum Gasteiger partial charge on any atom is 0.309 e. The molecule has 0 amide bonds. The van der Waals surface area contributed by atoms with Gasteiger partial charge in [-0.15, -0.1) is 0 Å². The van der Waals surface area contributed by atoms with Crippen LogP contribution in [0.4, 0.5) is 5.69 Å². The summed E-state index contributed by atoms with van der Waals surface area (Å²) in [5.74, 6) is -0.229. The highest BCUT2D eigenvalue weighted by Crippen LogP contribution is 2.17. The van der Waals surface area contributed by atoms with E-state index >= 15 is 0 Å². The zero-order valence-corrected chi connectivity index (χ0v) is 12.0. The van der Waals surface area contributed by atoms with Crippen molar-refractivity contribution in [3.8, 4) is 0 Å². The molecule has 0 saturated heterocycles. The molecule has 0 bridgehead atoms. The Morgan fingerprint density at radius 2 is 1.95 bits per heavy atom. The van der Waals surface area contributed by atoms with Crippen LogP contribution in [0.25, 0.3) is 0 Å². The Bertz CT molecular complexity index is 442. The summed E-state index contributed by atoms with van der Waals surface area (Å²) in [5.41, 5.74) is 0.795. The van der Waals surface area contributed by atoms with Gasteiger partial charge in [0.2, 0.25) is 0 Å². The molecule has 0 aliphatic heterocycles. The summed E-state index contributed by atoms with van der Waals surface area (Å²) in [6, 6.07) is 6.05. The summed E-state index contributed by atoms with van der Waals surface area (Å²) in [4.78, 5) is 22.0. The number of ether oxygens (including phenoxy) is 1. The molecular formula is C15H21NO4. The van der Waals surface area contributed by atoms with Crippen LogP contribution >= 0.6 is 0 Å². The van der Waals surface area contributed by atoms with Crippen LogP contribution in [-0.2, 0) is 16.1 Å². The molecule has 1 rings (SSSR count). The number of esters is 1. The van der Waals surface area contributed by atoms with E-state index in [0.29, 0.717) is 0 Å². The molecule has 0 spiro atoms. The minimum atomic E-state index is -0.451. The molecule has 1 aromatic rings. The summed E-state index contributed by atoms with van der Waals surface area (Å²) in [6.07, 6.45) is 3.71. The molecule has 110 valence electrons. The van der Waals surface area contributed by atoms with Crippen molar-refractivity contribution in [2.24, 2.45) is 5.92 Å². The lowest BCUT2D eigenvalue weighted by atomic mass is 10.00. The molecular weight excluding hydrogens is 258 g/mol. The van der Waals surface area contributed by atoms with E-state index in [2.05, 4.69) is 6.92 Å². The van der Waals surface area contributed by atoms with Crippen LogP contribution in [0.15, 0.2) is 24.3 Å². The van der Waals surface area contributed by atoms with Crippen LogP contribution in [0.1, 0.15) is 45.1 Å². The number of carbonyl (C=O) groups is 1. The standard InChI is InChI=1S/C15H21NO4/c1-3-5-6-13(4-2)15(17)20-11-12-7-9-14(10-8-12)16(18)19/h7-10,13H,3-6,11H2,1-2H3. The second-order valence-corrected chi connectivity index (χ2v) is 4.78. The van der Waals surface area contributed by atoms with Gasteiger partial charge in [-0.3, -0.25) is 14.9 Å². The first-order valence-corrected chi connectivity index (χ1v) is 6.98. The number of hydrogen-bond donors (Lipinski definition) is 0. The third-order valence-corrected chi connectivity index (χ3v) is 3.26. The number of nitrogens with zero attached hydrogens (tertiary/aromatic N) is 1. The van der Waals surface area contributed by atoms with E-state index in [9.17, 15) is 14.9 Å². The van der Waals surface area contributed by atoms with Gasteiger partial charge in [-0.1, -0.05) is 26.7 Å². The molecule has 0 aliphatic rings. The number of hydrogen-bond acceptors (Lipinski definition) is 4. The molecule has 1 atom stereocenters. The van der Waals surface area contributed by atoms with Crippen LogP contribution in [0.3, 0.4) is 0 Å². The van der Waals surface area contributed by atoms with E-state index in [4.69, 9.17) is 4.74 Å². The third-order valence-electron chi connectivity index (χ3n) is 3.26. The molecule has 0 aromatic heterocycles. The number of nitro groups is 1. The van der Waals surface area contributed by atoms with Gasteiger partial charge in [-0.2, -0.15) is 0 Å². The van der Waals surface area contributed by atoms with E-state index in [-0.39, 0.29) is 24.2 Å². The number of carbonyl (C=O) groups excluding carboxylic acids is 1. The van der Waals surface area contributed by atoms with Gasteiger partial charge in [0.15, 0.2) is 0 Å². The molecule has 5 heteroatoms. The van der Waals surface area contributed by atoms with Crippen molar-refractivity contribution < 1.29 is 14.5 Å². The van der Waals surface area contributed by atoms with Gasteiger partial charge in [0.1, 0.15) is 6.61 Å². The summed E-state index contributed by atoms with van der Waals surface area (Å²) in [6.45, 7) is 4.24. The largest absolute Gasteiger partial charge is 0.461 e. The number of benzene rings is 1. The molecule has 1 aromatic carbocycles. The van der Waals surface area contributed by atoms with Crippen LogP contribution in [-0.4, -0.2) is 10.9 Å². The van der Waals surface area contributed by atoms with Crippen LogP contribution in [0.2, 0.25) is 0 Å². The molecule has 1 unspecified atom stereocenters. The van der Waals surface area contributed by atoms with Gasteiger partial charge in [0, 0.05) is 12.1 Å². The Labute approximate surface area is 119 Å². The van der Waals surface area contributed by atoms with Crippen LogP contribution < -0.4 is 0 Å². The predicted molar refractivity (Wildman–Crippen MR) is 76.2 cm³/mol. The quantitative estimate of drug-likeness (QED) is 0.411. The molecule has 0 N–H and O–H groups in total. The topological polar surface area (TPSA) is 69.4 Å². The summed E-state index contributed by atoms with van der Waals surface area (Å²) in [5, 5.41) is 10.5. The minimum absolute atomic E-state index is 0.0365. The zero-order chi connectivity index (χ0) is 15.0. The molecule has 0 aliphatic carbocycles. The van der Waals surface area contributed by atoms with Gasteiger partial charge in [0.05, 0.1) is 10.8 Å². The first kappa shape index (κ1) is 16.1. The smallest absolute Gasteiger partial charge is 0.309 e. The highest BCUT2D eigenvalue weighted by Gasteiger charge is 2.17. The maximum absolute atomic E-state index is 11.9. The number of unbranched alkanes of at least 4 members (excludes halogenated alkanes) is 1. The molecule has 0 radical (unpaired) electrons. The second-order valence-electron chi connectivity index (χ2n) is 4.78. The average Bonchev–Trinajstić information content (AvgIpc) is 2.46. The van der Waals surface area contributed by atoms with Crippen molar-refractivity contribution in [3.63, 3.8) is 0 Å². The summed E-state index contributed by atoms with van der Waals surface area (Å²) in [7, 11) is 0. The van der Waals surface area contributed by atoms with E-state index in [1.165, 1.54) is 12.1 Å². The molecule has 5 nitrogen and oxygen atoms in total. The lowest BCUT2D eigenvalue weighted by molar-refractivity contribution is -0.384. The zero-order valence-electron chi connectivity index (χ0n) is 12.0. The molecule has 0 heterocycles. The molecule has 20 heavy (non-hydrogen) atoms. The van der Waals surface area contributed by atoms with Gasteiger partial charge in [-0.05, 0) is 30.5 Å². The fraction of sp³-hybridized carbons (Fsp3) is 0.533. The van der Waals surface area contributed by atoms with Gasteiger partial charge >= 0.3 is 5.97 Å². The lowest BCUT2D eigenvalue weighted by Gasteiger charge is -2.13. The van der Waals surface area contributed by atoms with Crippen LogP contribution in [0.5, 0.6) is 0 Å². The Hall–Kier alpha value is -1.91. The SMILES string of the molecule is CCCCC(CC)C(=O)OCc1ccc([N+](=O)[O-])cc1. The Morgan fingerprint density at radius 1 is 1.30 bits per heavy atom. The normalized spacial score (nSPS) is 11.9. The monoisotopic (exact) mass is 279 g/mol. The first-order valence-electron chi connectivity index (χ1n) is 6.98. The average molecular weight is 279 g/mol. The predicted octanol–water partition coefficient (Wildman–Crippen LogP) is 3.85. The van der Waals surface area contributed by atoms with E-state index in [1.807, 2.05) is 6.92 Å². The van der Waals surface area contributed by atoms with Gasteiger partial charge in [-0.25, -0.2) is 0 Å². The highest BCUT2D eigenvalue weighted by molar-refractivity contribution is 5.72. The van der Waals surface area contributed by atoms with Gasteiger partial charge in [0.25, 0.3) is 5.69 Å². The first-order chi connectivity index (χ1) is 9.58. The van der Waals surface area contributed by atoms with Crippen molar-refractivity contribution in [2.75, 3.05) is 0 Å². The third kappa shape index (κ3) is 4.99. The lowest BCUT2D eigenvalue weighted by Crippen LogP contribution is -2.17. The Kier molecular flexibility index (Phi) is 6.70. The number of non-ortho nitro benzene ring substituents is 1. The van der Waals surface area contributed by atoms with Crippen molar-refractivity contribution in [2.45, 2.75) is 46.1 Å². The fourth-order valence-electron chi connectivity index (χ4n) is 1.93. The maximum atomic E-state index is 11.9. The molecule has 0 fully saturated rings. The van der Waals surface area contributed by atoms with Crippen molar-refractivity contribution in [1.82, 2.24) is 0 Å².